The maximum atomic E-state index is 11.6. The minimum atomic E-state index is -0.344. The Hall–Kier alpha value is -1.75. The minimum Gasteiger partial charge on any atom is -0.465 e. The predicted octanol–water partition coefficient (Wildman–Crippen LogP) is 3.71. The van der Waals surface area contributed by atoms with Crippen molar-refractivity contribution in [3.05, 3.63) is 35.7 Å². The van der Waals surface area contributed by atoms with E-state index in [9.17, 15) is 4.79 Å². The Morgan fingerprint density at radius 1 is 1.55 bits per heavy atom. The molecule has 0 aliphatic heterocycles. The van der Waals surface area contributed by atoms with Gasteiger partial charge in [0.1, 0.15) is 0 Å². The van der Waals surface area contributed by atoms with Gasteiger partial charge in [-0.1, -0.05) is 32.2 Å². The van der Waals surface area contributed by atoms with Gasteiger partial charge in [-0.25, -0.2) is 9.78 Å². The molecule has 0 saturated carbocycles. The van der Waals surface area contributed by atoms with Crippen molar-refractivity contribution in [2.75, 3.05) is 7.11 Å². The lowest BCUT2D eigenvalue weighted by molar-refractivity contribution is 0.0601. The fourth-order valence-electron chi connectivity index (χ4n) is 2.06. The number of carbonyl (C=O) groups excluding carboxylic acids is 1. The normalized spacial score (nSPS) is 11.0. The summed E-state index contributed by atoms with van der Waals surface area (Å²) in [6, 6.07) is 5.46. The molecule has 20 heavy (non-hydrogen) atoms. The molecule has 2 aromatic rings. The molecule has 106 valence electrons. The van der Waals surface area contributed by atoms with Crippen LogP contribution in [0, 0.1) is 5.92 Å². The maximum Gasteiger partial charge on any atom is 0.337 e. The first-order chi connectivity index (χ1) is 9.56. The lowest BCUT2D eigenvalue weighted by Gasteiger charge is -2.10. The largest absolute Gasteiger partial charge is 0.465 e. The van der Waals surface area contributed by atoms with E-state index < -0.39 is 0 Å². The fraction of sp³-hybridized carbons (Fsp3) is 0.333. The zero-order valence-electron chi connectivity index (χ0n) is 11.9. The van der Waals surface area contributed by atoms with Gasteiger partial charge in [-0.3, -0.25) is 0 Å². The average Bonchev–Trinajstić information content (AvgIpc) is 2.75. The van der Waals surface area contributed by atoms with Crippen molar-refractivity contribution in [2.24, 2.45) is 5.92 Å². The third kappa shape index (κ3) is 2.88. The second-order valence-corrected chi connectivity index (χ2v) is 5.81. The SMILES string of the molecule is C=CSc1nc2cc(C(=O)OC)ccc2n1CC(C)C. The van der Waals surface area contributed by atoms with E-state index in [-0.39, 0.29) is 5.97 Å². The summed E-state index contributed by atoms with van der Waals surface area (Å²) in [5.41, 5.74) is 2.35. The summed E-state index contributed by atoms with van der Waals surface area (Å²) in [4.78, 5) is 16.2. The first-order valence-electron chi connectivity index (χ1n) is 6.43. The average molecular weight is 290 g/mol. The smallest absolute Gasteiger partial charge is 0.337 e. The number of fused-ring (bicyclic) bond motifs is 1. The Balaban J connectivity index is 2.54. The Kier molecular flexibility index (Phi) is 4.49. The van der Waals surface area contributed by atoms with Crippen LogP contribution in [0.5, 0.6) is 0 Å². The van der Waals surface area contributed by atoms with Gasteiger partial charge >= 0.3 is 5.97 Å². The van der Waals surface area contributed by atoms with Crippen LogP contribution in [0.1, 0.15) is 24.2 Å². The quantitative estimate of drug-likeness (QED) is 0.622. The molecule has 0 unspecified atom stereocenters. The Bertz CT molecular complexity index is 647. The second kappa shape index (κ2) is 6.13. The molecule has 0 saturated heterocycles. The molecule has 2 rings (SSSR count). The summed E-state index contributed by atoms with van der Waals surface area (Å²) in [5.74, 6) is 0.167. The minimum absolute atomic E-state index is 0.344. The van der Waals surface area contributed by atoms with E-state index in [2.05, 4.69) is 30.0 Å². The van der Waals surface area contributed by atoms with Crippen LogP contribution >= 0.6 is 11.8 Å². The maximum absolute atomic E-state index is 11.6. The molecule has 0 atom stereocenters. The number of aromatic nitrogens is 2. The van der Waals surface area contributed by atoms with Crippen LogP contribution in [-0.2, 0) is 11.3 Å². The van der Waals surface area contributed by atoms with Crippen molar-refractivity contribution < 1.29 is 9.53 Å². The van der Waals surface area contributed by atoms with Crippen molar-refractivity contribution in [3.8, 4) is 0 Å². The molecule has 0 radical (unpaired) electrons. The molecular weight excluding hydrogens is 272 g/mol. The van der Waals surface area contributed by atoms with E-state index in [1.807, 2.05) is 6.07 Å². The number of hydrogen-bond acceptors (Lipinski definition) is 4. The molecule has 5 heteroatoms. The lowest BCUT2D eigenvalue weighted by atomic mass is 10.2. The summed E-state index contributed by atoms with van der Waals surface area (Å²) in [6.45, 7) is 8.95. The topological polar surface area (TPSA) is 44.1 Å². The lowest BCUT2D eigenvalue weighted by Crippen LogP contribution is -2.05. The summed E-state index contributed by atoms with van der Waals surface area (Å²) in [6.07, 6.45) is 0. The Morgan fingerprint density at radius 2 is 2.30 bits per heavy atom. The van der Waals surface area contributed by atoms with Crippen LogP contribution in [0.25, 0.3) is 11.0 Å². The Labute approximate surface area is 122 Å². The van der Waals surface area contributed by atoms with E-state index in [1.54, 1.807) is 17.5 Å². The number of hydrogen-bond donors (Lipinski definition) is 0. The summed E-state index contributed by atoms with van der Waals surface area (Å²) in [5, 5.41) is 2.66. The highest BCUT2D eigenvalue weighted by atomic mass is 32.2. The molecule has 0 amide bonds. The summed E-state index contributed by atoms with van der Waals surface area (Å²) >= 11 is 1.49. The monoisotopic (exact) mass is 290 g/mol. The van der Waals surface area contributed by atoms with Crippen LogP contribution < -0.4 is 0 Å². The van der Waals surface area contributed by atoms with Gasteiger partial charge in [-0.2, -0.15) is 0 Å². The molecule has 0 N–H and O–H groups in total. The highest BCUT2D eigenvalue weighted by Gasteiger charge is 2.14. The van der Waals surface area contributed by atoms with E-state index >= 15 is 0 Å². The van der Waals surface area contributed by atoms with Gasteiger partial charge in [0.25, 0.3) is 0 Å². The van der Waals surface area contributed by atoms with Gasteiger partial charge in [0.05, 0.1) is 23.7 Å². The molecule has 0 bridgehead atoms. The van der Waals surface area contributed by atoms with Crippen LogP contribution in [0.2, 0.25) is 0 Å². The van der Waals surface area contributed by atoms with Gasteiger partial charge in [-0.15, -0.1) is 0 Å². The zero-order valence-corrected chi connectivity index (χ0v) is 12.7. The third-order valence-corrected chi connectivity index (χ3v) is 3.56. The number of nitrogens with zero attached hydrogens (tertiary/aromatic N) is 2. The number of benzene rings is 1. The zero-order chi connectivity index (χ0) is 14.7. The van der Waals surface area contributed by atoms with Crippen molar-refractivity contribution in [1.82, 2.24) is 9.55 Å². The molecule has 0 spiro atoms. The van der Waals surface area contributed by atoms with E-state index in [0.29, 0.717) is 11.5 Å². The first kappa shape index (κ1) is 14.7. The number of imidazole rings is 1. The number of ether oxygens (including phenoxy) is 1. The van der Waals surface area contributed by atoms with Gasteiger partial charge < -0.3 is 9.30 Å². The number of thioether (sulfide) groups is 1. The Morgan fingerprint density at radius 3 is 2.90 bits per heavy atom. The molecule has 0 fully saturated rings. The van der Waals surface area contributed by atoms with Crippen molar-refractivity contribution >= 4 is 28.8 Å². The van der Waals surface area contributed by atoms with E-state index in [0.717, 1.165) is 22.7 Å². The molecule has 4 nitrogen and oxygen atoms in total. The molecule has 1 aromatic heterocycles. The van der Waals surface area contributed by atoms with E-state index in [1.165, 1.54) is 18.9 Å². The highest BCUT2D eigenvalue weighted by Crippen LogP contribution is 2.26. The molecule has 1 heterocycles. The van der Waals surface area contributed by atoms with Crippen LogP contribution in [-0.4, -0.2) is 22.6 Å². The number of rotatable bonds is 5. The predicted molar refractivity (Wildman–Crippen MR) is 82.0 cm³/mol. The van der Waals surface area contributed by atoms with E-state index in [4.69, 9.17) is 4.74 Å². The standard InChI is InChI=1S/C15H18N2O2S/c1-5-20-15-16-12-8-11(14(18)19-4)6-7-13(12)17(15)9-10(2)3/h5-8,10H,1,9H2,2-4H3. The van der Waals surface area contributed by atoms with Gasteiger partial charge in [0.15, 0.2) is 5.16 Å². The first-order valence-corrected chi connectivity index (χ1v) is 7.31. The van der Waals surface area contributed by atoms with Crippen molar-refractivity contribution in [2.45, 2.75) is 25.5 Å². The molecule has 0 aliphatic rings. The number of methoxy groups -OCH3 is 1. The number of esters is 1. The summed E-state index contributed by atoms with van der Waals surface area (Å²) in [7, 11) is 1.38. The fourth-order valence-corrected chi connectivity index (χ4v) is 2.66. The van der Waals surface area contributed by atoms with Gasteiger partial charge in [-0.05, 0) is 29.5 Å². The molecular formula is C15H18N2O2S. The van der Waals surface area contributed by atoms with Gasteiger partial charge in [0.2, 0.25) is 0 Å². The summed E-state index contributed by atoms with van der Waals surface area (Å²) < 4.78 is 6.90. The van der Waals surface area contributed by atoms with Crippen molar-refractivity contribution in [1.29, 1.82) is 0 Å². The molecule has 0 aliphatic carbocycles. The highest BCUT2D eigenvalue weighted by molar-refractivity contribution is 8.02. The molecule has 1 aromatic carbocycles. The van der Waals surface area contributed by atoms with Crippen LogP contribution in [0.15, 0.2) is 35.3 Å². The van der Waals surface area contributed by atoms with Crippen LogP contribution in [0.3, 0.4) is 0 Å². The van der Waals surface area contributed by atoms with Gasteiger partial charge in [0, 0.05) is 6.54 Å². The number of carbonyl (C=O) groups is 1. The van der Waals surface area contributed by atoms with Crippen molar-refractivity contribution in [3.63, 3.8) is 0 Å². The van der Waals surface area contributed by atoms with Crippen LogP contribution in [0.4, 0.5) is 0 Å². The third-order valence-electron chi connectivity index (χ3n) is 2.87. The second-order valence-electron chi connectivity index (χ2n) is 4.88.